The predicted molar refractivity (Wildman–Crippen MR) is 81.0 cm³/mol. The van der Waals surface area contributed by atoms with E-state index in [-0.39, 0.29) is 15.9 Å². The Morgan fingerprint density at radius 3 is 2.81 bits per heavy atom. The minimum Gasteiger partial charge on any atom is -0.441 e. The average molecular weight is 322 g/mol. The highest BCUT2D eigenvalue weighted by molar-refractivity contribution is 6.35. The lowest BCUT2D eigenvalue weighted by Crippen LogP contribution is -2.14. The van der Waals surface area contributed by atoms with Gasteiger partial charge in [0.05, 0.1) is 5.02 Å². The van der Waals surface area contributed by atoms with Crippen molar-refractivity contribution in [3.8, 4) is 0 Å². The molecule has 0 radical (unpaired) electrons. The Labute approximate surface area is 129 Å². The molecule has 7 heteroatoms. The number of hydrogen-bond donors (Lipinski definition) is 1. The number of amides is 1. The number of nitrogens with one attached hydrogen (secondary N) is 1. The highest BCUT2D eigenvalue weighted by Crippen LogP contribution is 2.22. The van der Waals surface area contributed by atoms with Crippen molar-refractivity contribution in [2.45, 2.75) is 6.92 Å². The van der Waals surface area contributed by atoms with Gasteiger partial charge in [-0.25, -0.2) is 9.97 Å². The molecule has 0 aliphatic rings. The van der Waals surface area contributed by atoms with E-state index in [9.17, 15) is 4.79 Å². The van der Waals surface area contributed by atoms with E-state index in [1.165, 1.54) is 12.1 Å². The molecule has 0 aliphatic heterocycles. The summed E-state index contributed by atoms with van der Waals surface area (Å²) in [5, 5.41) is 3.13. The van der Waals surface area contributed by atoms with Crippen LogP contribution in [0.1, 0.15) is 16.4 Å². The number of carbonyl (C=O) groups excluding carboxylic acids is 1. The topological polar surface area (TPSA) is 68.0 Å². The van der Waals surface area contributed by atoms with Crippen LogP contribution < -0.4 is 5.32 Å². The first-order chi connectivity index (χ1) is 10.0. The summed E-state index contributed by atoms with van der Waals surface area (Å²) in [6, 6.07) is 8.20. The van der Waals surface area contributed by atoms with Crippen molar-refractivity contribution in [1.82, 2.24) is 9.97 Å². The van der Waals surface area contributed by atoms with Crippen LogP contribution in [0.3, 0.4) is 0 Å². The van der Waals surface area contributed by atoms with Crippen LogP contribution in [0.2, 0.25) is 10.2 Å². The molecular weight excluding hydrogens is 313 g/mol. The molecule has 0 saturated heterocycles. The number of pyridine rings is 1. The van der Waals surface area contributed by atoms with Crippen LogP contribution in [0.25, 0.3) is 11.1 Å². The third-order valence-corrected chi connectivity index (χ3v) is 3.29. The van der Waals surface area contributed by atoms with Crippen LogP contribution in [0.15, 0.2) is 34.7 Å². The molecule has 21 heavy (non-hydrogen) atoms. The molecule has 3 aromatic rings. The monoisotopic (exact) mass is 321 g/mol. The van der Waals surface area contributed by atoms with Gasteiger partial charge in [-0.2, -0.15) is 0 Å². The summed E-state index contributed by atoms with van der Waals surface area (Å²) < 4.78 is 5.37. The van der Waals surface area contributed by atoms with Gasteiger partial charge < -0.3 is 9.73 Å². The lowest BCUT2D eigenvalue weighted by Gasteiger charge is -2.06. The number of hydrogen-bond acceptors (Lipinski definition) is 4. The van der Waals surface area contributed by atoms with Crippen molar-refractivity contribution < 1.29 is 9.21 Å². The van der Waals surface area contributed by atoms with Crippen LogP contribution in [-0.4, -0.2) is 15.9 Å². The Hall–Kier alpha value is -2.11. The minimum atomic E-state index is -0.443. The van der Waals surface area contributed by atoms with E-state index in [0.717, 1.165) is 0 Å². The predicted octanol–water partition coefficient (Wildman–Crippen LogP) is 4.09. The molecule has 0 bridgehead atoms. The molecule has 0 aliphatic carbocycles. The summed E-state index contributed by atoms with van der Waals surface area (Å²) in [4.78, 5) is 20.3. The van der Waals surface area contributed by atoms with Gasteiger partial charge in [-0.05, 0) is 30.3 Å². The summed E-state index contributed by atoms with van der Waals surface area (Å²) in [5.41, 5.74) is 1.96. The fourth-order valence-corrected chi connectivity index (χ4v) is 2.23. The Bertz CT molecular complexity index is 845. The van der Waals surface area contributed by atoms with E-state index >= 15 is 0 Å². The number of halogens is 2. The van der Waals surface area contributed by atoms with Gasteiger partial charge in [0, 0.05) is 12.6 Å². The van der Waals surface area contributed by atoms with E-state index in [1.54, 1.807) is 25.1 Å². The van der Waals surface area contributed by atoms with Gasteiger partial charge >= 0.3 is 0 Å². The Morgan fingerprint density at radius 1 is 1.19 bits per heavy atom. The summed E-state index contributed by atoms with van der Waals surface area (Å²) in [5.74, 6) is 0.120. The molecule has 1 aromatic carbocycles. The van der Waals surface area contributed by atoms with Crippen LogP contribution in [-0.2, 0) is 0 Å². The second-order valence-electron chi connectivity index (χ2n) is 4.33. The highest BCUT2D eigenvalue weighted by atomic mass is 35.5. The van der Waals surface area contributed by atoms with Crippen molar-refractivity contribution in [2.24, 2.45) is 0 Å². The van der Waals surface area contributed by atoms with Gasteiger partial charge in [-0.3, -0.25) is 4.79 Å². The number of aryl methyl sites for hydroxylation is 1. The number of fused-ring (bicyclic) bond motifs is 1. The van der Waals surface area contributed by atoms with Gasteiger partial charge in [0.15, 0.2) is 11.5 Å². The second kappa shape index (κ2) is 5.35. The van der Waals surface area contributed by atoms with Crippen molar-refractivity contribution in [2.75, 3.05) is 5.32 Å². The zero-order valence-corrected chi connectivity index (χ0v) is 12.4. The van der Waals surface area contributed by atoms with Gasteiger partial charge in [0.1, 0.15) is 16.4 Å². The van der Waals surface area contributed by atoms with E-state index in [2.05, 4.69) is 15.3 Å². The fourth-order valence-electron chi connectivity index (χ4n) is 1.89. The molecule has 1 N–H and O–H groups in total. The zero-order chi connectivity index (χ0) is 15.0. The number of aromatic nitrogens is 2. The van der Waals surface area contributed by atoms with Crippen molar-refractivity contribution in [3.63, 3.8) is 0 Å². The highest BCUT2D eigenvalue weighted by Gasteiger charge is 2.14. The molecule has 3 rings (SSSR count). The number of benzene rings is 1. The molecule has 0 spiro atoms. The lowest BCUT2D eigenvalue weighted by atomic mass is 10.2. The van der Waals surface area contributed by atoms with Crippen LogP contribution in [0.4, 0.5) is 5.69 Å². The van der Waals surface area contributed by atoms with Gasteiger partial charge in [-0.1, -0.05) is 23.2 Å². The van der Waals surface area contributed by atoms with Gasteiger partial charge in [0.25, 0.3) is 5.91 Å². The summed E-state index contributed by atoms with van der Waals surface area (Å²) >= 11 is 11.7. The molecule has 0 fully saturated rings. The van der Waals surface area contributed by atoms with Gasteiger partial charge in [0.2, 0.25) is 0 Å². The normalized spacial score (nSPS) is 10.8. The van der Waals surface area contributed by atoms with Crippen LogP contribution >= 0.6 is 23.2 Å². The maximum Gasteiger partial charge on any atom is 0.275 e. The molecule has 1 amide bonds. The summed E-state index contributed by atoms with van der Waals surface area (Å²) in [6.07, 6.45) is 0. The van der Waals surface area contributed by atoms with Crippen LogP contribution in [0.5, 0.6) is 0 Å². The maximum absolute atomic E-state index is 12.2. The second-order valence-corrected chi connectivity index (χ2v) is 5.13. The molecular formula is C14H9Cl2N3O2. The van der Waals surface area contributed by atoms with Crippen molar-refractivity contribution in [3.05, 3.63) is 52.1 Å². The minimum absolute atomic E-state index is 0.0700. The number of carbonyl (C=O) groups is 1. The van der Waals surface area contributed by atoms with Crippen molar-refractivity contribution in [1.29, 1.82) is 0 Å². The Morgan fingerprint density at radius 2 is 2.00 bits per heavy atom. The fraction of sp³-hybridized carbons (Fsp3) is 0.0714. The first-order valence-electron chi connectivity index (χ1n) is 6.03. The number of rotatable bonds is 2. The largest absolute Gasteiger partial charge is 0.441 e. The molecule has 0 saturated carbocycles. The average Bonchev–Trinajstić information content (AvgIpc) is 2.80. The number of oxazole rings is 1. The third-order valence-electron chi connectivity index (χ3n) is 2.78. The number of nitrogens with zero attached hydrogens (tertiary/aromatic N) is 2. The van der Waals surface area contributed by atoms with E-state index in [0.29, 0.717) is 22.7 Å². The zero-order valence-electron chi connectivity index (χ0n) is 10.9. The number of anilines is 1. The third kappa shape index (κ3) is 2.84. The Balaban J connectivity index is 1.90. The van der Waals surface area contributed by atoms with E-state index in [4.69, 9.17) is 27.6 Å². The maximum atomic E-state index is 12.2. The lowest BCUT2D eigenvalue weighted by molar-refractivity contribution is 0.102. The van der Waals surface area contributed by atoms with Gasteiger partial charge in [-0.15, -0.1) is 0 Å². The molecule has 0 unspecified atom stereocenters. The van der Waals surface area contributed by atoms with Crippen molar-refractivity contribution >= 4 is 45.9 Å². The quantitative estimate of drug-likeness (QED) is 0.722. The SMILES string of the molecule is Cc1nc2cc(NC(=O)c3nc(Cl)ccc3Cl)ccc2o1. The molecule has 2 aromatic heterocycles. The molecule has 5 nitrogen and oxygen atoms in total. The first kappa shape index (κ1) is 13.9. The Kier molecular flexibility index (Phi) is 3.53. The molecule has 0 atom stereocenters. The van der Waals surface area contributed by atoms with E-state index < -0.39 is 5.91 Å². The first-order valence-corrected chi connectivity index (χ1v) is 6.79. The van der Waals surface area contributed by atoms with E-state index in [1.807, 2.05) is 0 Å². The summed E-state index contributed by atoms with van der Waals surface area (Å²) in [7, 11) is 0. The summed E-state index contributed by atoms with van der Waals surface area (Å²) in [6.45, 7) is 1.76. The van der Waals surface area contributed by atoms with Crippen LogP contribution in [0, 0.1) is 6.92 Å². The molecule has 106 valence electrons. The smallest absolute Gasteiger partial charge is 0.275 e. The molecule has 2 heterocycles. The standard InChI is InChI=1S/C14H9Cl2N3O2/c1-7-17-10-6-8(2-4-11(10)21-7)18-14(20)13-9(15)3-5-12(16)19-13/h2-6H,1H3,(H,18,20).